The Morgan fingerprint density at radius 3 is 2.67 bits per heavy atom. The van der Waals surface area contributed by atoms with Gasteiger partial charge in [-0.1, -0.05) is 0 Å². The van der Waals surface area contributed by atoms with Crippen LogP contribution >= 0.6 is 0 Å². The number of carboxylic acids is 1. The number of carbonyl (C=O) groups is 2. The minimum atomic E-state index is -3.03. The third kappa shape index (κ3) is 4.33. The molecule has 2 rings (SSSR count). The van der Waals surface area contributed by atoms with Gasteiger partial charge in [0.2, 0.25) is 0 Å². The molecule has 0 spiro atoms. The number of hydrogen-bond donors (Lipinski definition) is 2. The molecule has 120 valence electrons. The van der Waals surface area contributed by atoms with Crippen LogP contribution in [0.3, 0.4) is 0 Å². The molecule has 0 aliphatic carbocycles. The van der Waals surface area contributed by atoms with Crippen molar-refractivity contribution in [3.8, 4) is 0 Å². The molecule has 2 aliphatic heterocycles. The largest absolute Gasteiger partial charge is 0.481 e. The van der Waals surface area contributed by atoms with Gasteiger partial charge in [-0.2, -0.15) is 0 Å². The molecule has 8 heteroatoms. The highest BCUT2D eigenvalue weighted by atomic mass is 32.2. The summed E-state index contributed by atoms with van der Waals surface area (Å²) in [6.07, 6.45) is 2.80. The van der Waals surface area contributed by atoms with Crippen molar-refractivity contribution in [3.05, 3.63) is 0 Å². The van der Waals surface area contributed by atoms with Crippen molar-refractivity contribution in [3.63, 3.8) is 0 Å². The van der Waals surface area contributed by atoms with Crippen molar-refractivity contribution in [2.75, 3.05) is 25.4 Å². The van der Waals surface area contributed by atoms with E-state index in [-0.39, 0.29) is 30.7 Å². The van der Waals surface area contributed by atoms with E-state index in [1.807, 2.05) is 0 Å². The molecule has 2 unspecified atom stereocenters. The lowest BCUT2D eigenvalue weighted by Gasteiger charge is -2.19. The van der Waals surface area contributed by atoms with Gasteiger partial charge in [-0.3, -0.25) is 4.79 Å². The number of carbonyl (C=O) groups excluding carboxylic acids is 1. The molecule has 2 N–H and O–H groups in total. The van der Waals surface area contributed by atoms with Gasteiger partial charge in [-0.15, -0.1) is 0 Å². The van der Waals surface area contributed by atoms with Crippen LogP contribution in [0, 0.1) is 5.92 Å². The van der Waals surface area contributed by atoms with Crippen molar-refractivity contribution in [1.29, 1.82) is 0 Å². The third-order valence-corrected chi connectivity index (χ3v) is 6.56. The minimum Gasteiger partial charge on any atom is -0.481 e. The number of likely N-dealkylation sites (tertiary alicyclic amines) is 1. The Bertz CT molecular complexity index is 505. The molecule has 7 nitrogen and oxygen atoms in total. The zero-order valence-electron chi connectivity index (χ0n) is 12.0. The van der Waals surface area contributed by atoms with Crippen molar-refractivity contribution in [2.24, 2.45) is 5.92 Å². The molecule has 0 radical (unpaired) electrons. The van der Waals surface area contributed by atoms with Gasteiger partial charge in [0.05, 0.1) is 11.0 Å². The fraction of sp³-hybridized carbons (Fsp3) is 0.846. The first-order chi connectivity index (χ1) is 9.88. The minimum absolute atomic E-state index is 0.125. The second-order valence-electron chi connectivity index (χ2n) is 5.85. The molecule has 0 aromatic rings. The van der Waals surface area contributed by atoms with E-state index in [0.717, 1.165) is 6.42 Å². The Morgan fingerprint density at radius 2 is 2.05 bits per heavy atom. The number of urea groups is 1. The molecular weight excluding hydrogens is 296 g/mol. The monoisotopic (exact) mass is 318 g/mol. The van der Waals surface area contributed by atoms with E-state index in [9.17, 15) is 18.0 Å². The Morgan fingerprint density at radius 1 is 1.29 bits per heavy atom. The first kappa shape index (κ1) is 16.1. The SMILES string of the molecule is O=C(O)CCC1CCN(C(=O)NCC2CCCS2(=O)=O)C1. The van der Waals surface area contributed by atoms with Gasteiger partial charge in [0.15, 0.2) is 9.84 Å². The molecule has 2 atom stereocenters. The predicted molar refractivity (Wildman–Crippen MR) is 76.8 cm³/mol. The van der Waals surface area contributed by atoms with Crippen LogP contribution in [0.5, 0.6) is 0 Å². The molecule has 21 heavy (non-hydrogen) atoms. The second-order valence-corrected chi connectivity index (χ2v) is 8.25. The average Bonchev–Trinajstić information content (AvgIpc) is 3.00. The lowest BCUT2D eigenvalue weighted by molar-refractivity contribution is -0.137. The predicted octanol–water partition coefficient (Wildman–Crippen LogP) is 0.460. The Kier molecular flexibility index (Phi) is 5.08. The zero-order valence-corrected chi connectivity index (χ0v) is 12.8. The van der Waals surface area contributed by atoms with Crippen LogP contribution in [0.1, 0.15) is 32.1 Å². The molecular formula is C13H22N2O5S. The Balaban J connectivity index is 1.73. The summed E-state index contributed by atoms with van der Waals surface area (Å²) >= 11 is 0. The maximum Gasteiger partial charge on any atom is 0.317 e. The summed E-state index contributed by atoms with van der Waals surface area (Å²) in [5, 5.41) is 10.9. The highest BCUT2D eigenvalue weighted by Crippen LogP contribution is 2.22. The van der Waals surface area contributed by atoms with E-state index in [4.69, 9.17) is 5.11 Å². The number of nitrogens with one attached hydrogen (secondary N) is 1. The van der Waals surface area contributed by atoms with E-state index >= 15 is 0 Å². The van der Waals surface area contributed by atoms with Crippen LogP contribution in [-0.2, 0) is 14.6 Å². The average molecular weight is 318 g/mol. The number of sulfone groups is 1. The first-order valence-electron chi connectivity index (χ1n) is 7.34. The van der Waals surface area contributed by atoms with Crippen LogP contribution < -0.4 is 5.32 Å². The van der Waals surface area contributed by atoms with E-state index in [1.165, 1.54) is 0 Å². The Labute approximate surface area is 124 Å². The topological polar surface area (TPSA) is 104 Å². The van der Waals surface area contributed by atoms with Crippen molar-refractivity contribution >= 4 is 21.8 Å². The fourth-order valence-electron chi connectivity index (χ4n) is 2.98. The van der Waals surface area contributed by atoms with E-state index in [1.54, 1.807) is 4.90 Å². The van der Waals surface area contributed by atoms with Crippen molar-refractivity contribution in [2.45, 2.75) is 37.4 Å². The van der Waals surface area contributed by atoms with Crippen molar-refractivity contribution < 1.29 is 23.1 Å². The molecule has 0 saturated carbocycles. The standard InChI is InChI=1S/C13H22N2O5S/c16-12(17)4-3-10-5-6-15(9-10)13(18)14-8-11-2-1-7-21(11,19)20/h10-11H,1-9H2,(H,14,18)(H,16,17). The molecule has 2 aliphatic rings. The van der Waals surface area contributed by atoms with Gasteiger partial charge in [0.1, 0.15) is 0 Å². The van der Waals surface area contributed by atoms with E-state index in [0.29, 0.717) is 32.4 Å². The highest BCUT2D eigenvalue weighted by Gasteiger charge is 2.32. The number of amides is 2. The fourth-order valence-corrected chi connectivity index (χ4v) is 4.75. The van der Waals surface area contributed by atoms with Gasteiger partial charge in [-0.05, 0) is 31.6 Å². The molecule has 0 bridgehead atoms. The highest BCUT2D eigenvalue weighted by molar-refractivity contribution is 7.92. The molecule has 2 fully saturated rings. The summed E-state index contributed by atoms with van der Waals surface area (Å²) < 4.78 is 23.4. The smallest absolute Gasteiger partial charge is 0.317 e. The number of carboxylic acid groups (broad SMARTS) is 1. The summed E-state index contributed by atoms with van der Waals surface area (Å²) in [5.41, 5.74) is 0. The summed E-state index contributed by atoms with van der Waals surface area (Å²) in [6, 6.07) is -0.241. The maximum atomic E-state index is 12.0. The van der Waals surface area contributed by atoms with Crippen LogP contribution in [0.25, 0.3) is 0 Å². The number of rotatable bonds is 5. The van der Waals surface area contributed by atoms with Gasteiger partial charge in [0.25, 0.3) is 0 Å². The lowest BCUT2D eigenvalue weighted by Crippen LogP contribution is -2.42. The Hall–Kier alpha value is -1.31. The third-order valence-electron chi connectivity index (χ3n) is 4.28. The molecule has 2 saturated heterocycles. The summed E-state index contributed by atoms with van der Waals surface area (Å²) in [7, 11) is -3.03. The van der Waals surface area contributed by atoms with E-state index in [2.05, 4.69) is 5.32 Å². The molecule has 0 aromatic heterocycles. The van der Waals surface area contributed by atoms with Gasteiger partial charge in [0, 0.05) is 26.1 Å². The summed E-state index contributed by atoms with van der Waals surface area (Å²) in [5.74, 6) is -0.375. The number of nitrogens with zero attached hydrogens (tertiary/aromatic N) is 1. The first-order valence-corrected chi connectivity index (χ1v) is 9.06. The van der Waals surface area contributed by atoms with E-state index < -0.39 is 21.1 Å². The van der Waals surface area contributed by atoms with Gasteiger partial charge < -0.3 is 15.3 Å². The van der Waals surface area contributed by atoms with Crippen LogP contribution in [0.4, 0.5) is 4.79 Å². The van der Waals surface area contributed by atoms with Gasteiger partial charge in [-0.25, -0.2) is 13.2 Å². The van der Waals surface area contributed by atoms with Crippen LogP contribution in [0.15, 0.2) is 0 Å². The molecule has 2 heterocycles. The summed E-state index contributed by atoms with van der Waals surface area (Å²) in [4.78, 5) is 24.2. The lowest BCUT2D eigenvalue weighted by atomic mass is 10.0. The molecule has 0 aromatic carbocycles. The molecule has 2 amide bonds. The normalized spacial score (nSPS) is 27.7. The maximum absolute atomic E-state index is 12.0. The second kappa shape index (κ2) is 6.64. The van der Waals surface area contributed by atoms with Gasteiger partial charge >= 0.3 is 12.0 Å². The van der Waals surface area contributed by atoms with Crippen LogP contribution in [0.2, 0.25) is 0 Å². The van der Waals surface area contributed by atoms with Crippen molar-refractivity contribution in [1.82, 2.24) is 10.2 Å². The number of aliphatic carboxylic acids is 1. The summed E-state index contributed by atoms with van der Waals surface area (Å²) in [6.45, 7) is 1.33. The number of hydrogen-bond acceptors (Lipinski definition) is 4. The van der Waals surface area contributed by atoms with Crippen LogP contribution in [-0.4, -0.2) is 61.1 Å². The zero-order chi connectivity index (χ0) is 15.5. The quantitative estimate of drug-likeness (QED) is 0.766.